The first-order chi connectivity index (χ1) is 10.2. The molecule has 1 aliphatic rings. The van der Waals surface area contributed by atoms with Crippen LogP contribution in [0.1, 0.15) is 28.4 Å². The van der Waals surface area contributed by atoms with E-state index in [-0.39, 0.29) is 0 Å². The summed E-state index contributed by atoms with van der Waals surface area (Å²) in [5.41, 5.74) is 7.47. The van der Waals surface area contributed by atoms with Crippen molar-refractivity contribution >= 4 is 16.7 Å². The van der Waals surface area contributed by atoms with Gasteiger partial charge in [0.05, 0.1) is 11.0 Å². The van der Waals surface area contributed by atoms with Crippen molar-refractivity contribution in [2.24, 2.45) is 0 Å². The molecular weight excluding hydrogens is 258 g/mol. The highest BCUT2D eigenvalue weighted by atomic mass is 14.9. The standard InChI is InChI=1S/C18H19N3/c1-11-7-12(2)18-16(8-11)20-17(21-18)9-13-10-19-15-6-4-3-5-14(13)15/h3-8,13,19H,9-10H2,1-2H3,(H,20,21). The van der Waals surface area contributed by atoms with E-state index in [1.54, 1.807) is 0 Å². The predicted octanol–water partition coefficient (Wildman–Crippen LogP) is 3.93. The van der Waals surface area contributed by atoms with Gasteiger partial charge < -0.3 is 10.3 Å². The summed E-state index contributed by atoms with van der Waals surface area (Å²) in [4.78, 5) is 8.30. The number of aromatic amines is 1. The zero-order chi connectivity index (χ0) is 14.4. The third-order valence-corrected chi connectivity index (χ3v) is 4.35. The summed E-state index contributed by atoms with van der Waals surface area (Å²) in [7, 11) is 0. The second-order valence-corrected chi connectivity index (χ2v) is 6.03. The van der Waals surface area contributed by atoms with Gasteiger partial charge in [-0.25, -0.2) is 4.98 Å². The van der Waals surface area contributed by atoms with E-state index in [1.165, 1.54) is 22.4 Å². The number of nitrogens with zero attached hydrogens (tertiary/aromatic N) is 1. The first kappa shape index (κ1) is 12.5. The molecule has 21 heavy (non-hydrogen) atoms. The molecule has 106 valence electrons. The van der Waals surface area contributed by atoms with E-state index in [0.717, 1.165) is 29.8 Å². The number of benzene rings is 2. The average molecular weight is 277 g/mol. The Bertz CT molecular complexity index is 816. The highest BCUT2D eigenvalue weighted by Crippen LogP contribution is 2.33. The summed E-state index contributed by atoms with van der Waals surface area (Å²) in [5.74, 6) is 1.59. The van der Waals surface area contributed by atoms with Gasteiger partial charge in [0.1, 0.15) is 5.82 Å². The van der Waals surface area contributed by atoms with Crippen LogP contribution in [0.3, 0.4) is 0 Å². The number of aryl methyl sites for hydroxylation is 2. The summed E-state index contributed by atoms with van der Waals surface area (Å²) in [6, 6.07) is 12.9. The minimum absolute atomic E-state index is 0.503. The van der Waals surface area contributed by atoms with Crippen LogP contribution in [0.15, 0.2) is 36.4 Å². The van der Waals surface area contributed by atoms with Crippen molar-refractivity contribution in [2.45, 2.75) is 26.2 Å². The quantitative estimate of drug-likeness (QED) is 0.745. The van der Waals surface area contributed by atoms with Gasteiger partial charge >= 0.3 is 0 Å². The zero-order valence-electron chi connectivity index (χ0n) is 12.4. The SMILES string of the molecule is Cc1cc(C)c2nc(CC3CNc4ccccc43)[nH]c2c1. The monoisotopic (exact) mass is 277 g/mol. The van der Waals surface area contributed by atoms with Gasteiger partial charge in [0, 0.05) is 24.6 Å². The van der Waals surface area contributed by atoms with E-state index in [0.29, 0.717) is 5.92 Å². The Hall–Kier alpha value is -2.29. The molecular formula is C18H19N3. The minimum Gasteiger partial charge on any atom is -0.384 e. The molecule has 1 aliphatic heterocycles. The van der Waals surface area contributed by atoms with Crippen LogP contribution in [0.2, 0.25) is 0 Å². The molecule has 0 aliphatic carbocycles. The van der Waals surface area contributed by atoms with Crippen LogP contribution < -0.4 is 5.32 Å². The fraction of sp³-hybridized carbons (Fsp3) is 0.278. The molecule has 2 N–H and O–H groups in total. The van der Waals surface area contributed by atoms with E-state index < -0.39 is 0 Å². The molecule has 0 fully saturated rings. The van der Waals surface area contributed by atoms with Crippen molar-refractivity contribution in [3.63, 3.8) is 0 Å². The molecule has 1 unspecified atom stereocenters. The maximum Gasteiger partial charge on any atom is 0.107 e. The van der Waals surface area contributed by atoms with Gasteiger partial charge in [0.2, 0.25) is 0 Å². The van der Waals surface area contributed by atoms with Gasteiger partial charge in [-0.2, -0.15) is 0 Å². The van der Waals surface area contributed by atoms with Gasteiger partial charge in [-0.1, -0.05) is 24.3 Å². The Morgan fingerprint density at radius 1 is 1.19 bits per heavy atom. The van der Waals surface area contributed by atoms with Crippen molar-refractivity contribution in [3.05, 3.63) is 58.9 Å². The smallest absolute Gasteiger partial charge is 0.107 e. The van der Waals surface area contributed by atoms with Crippen LogP contribution in [0.25, 0.3) is 11.0 Å². The Labute approximate surface area is 124 Å². The maximum absolute atomic E-state index is 4.81. The average Bonchev–Trinajstić information content (AvgIpc) is 3.04. The van der Waals surface area contributed by atoms with Crippen molar-refractivity contribution in [1.82, 2.24) is 9.97 Å². The number of aromatic nitrogens is 2. The van der Waals surface area contributed by atoms with Crippen LogP contribution in [-0.2, 0) is 6.42 Å². The van der Waals surface area contributed by atoms with Crippen molar-refractivity contribution < 1.29 is 0 Å². The van der Waals surface area contributed by atoms with Gasteiger partial charge in [0.25, 0.3) is 0 Å². The largest absolute Gasteiger partial charge is 0.384 e. The van der Waals surface area contributed by atoms with Gasteiger partial charge in [-0.3, -0.25) is 0 Å². The number of para-hydroxylation sites is 1. The fourth-order valence-corrected chi connectivity index (χ4v) is 3.39. The number of H-pyrrole nitrogens is 1. The number of imidazole rings is 1. The Balaban J connectivity index is 1.68. The predicted molar refractivity (Wildman–Crippen MR) is 86.9 cm³/mol. The summed E-state index contributed by atoms with van der Waals surface area (Å²) in [5, 5.41) is 3.48. The number of hydrogen-bond acceptors (Lipinski definition) is 2. The van der Waals surface area contributed by atoms with Crippen LogP contribution in [0, 0.1) is 13.8 Å². The molecule has 0 saturated heterocycles. The normalized spacial score (nSPS) is 17.0. The third-order valence-electron chi connectivity index (χ3n) is 4.35. The molecule has 3 nitrogen and oxygen atoms in total. The highest BCUT2D eigenvalue weighted by molar-refractivity contribution is 5.79. The molecule has 0 saturated carbocycles. The van der Waals surface area contributed by atoms with E-state index >= 15 is 0 Å². The molecule has 3 aromatic rings. The molecule has 0 spiro atoms. The number of rotatable bonds is 2. The topological polar surface area (TPSA) is 40.7 Å². The van der Waals surface area contributed by atoms with E-state index in [1.807, 2.05) is 0 Å². The lowest BCUT2D eigenvalue weighted by atomic mass is 9.98. The second-order valence-electron chi connectivity index (χ2n) is 6.03. The lowest BCUT2D eigenvalue weighted by Crippen LogP contribution is -2.06. The van der Waals surface area contributed by atoms with Crippen LogP contribution in [-0.4, -0.2) is 16.5 Å². The highest BCUT2D eigenvalue weighted by Gasteiger charge is 2.23. The Kier molecular flexibility index (Phi) is 2.74. The van der Waals surface area contributed by atoms with Gasteiger partial charge in [-0.15, -0.1) is 0 Å². The van der Waals surface area contributed by atoms with Gasteiger partial charge in [-0.05, 0) is 42.7 Å². The third kappa shape index (κ3) is 2.09. The van der Waals surface area contributed by atoms with Crippen LogP contribution >= 0.6 is 0 Å². The molecule has 1 aromatic heterocycles. The number of anilines is 1. The lowest BCUT2D eigenvalue weighted by Gasteiger charge is -2.07. The summed E-state index contributed by atoms with van der Waals surface area (Å²) in [6.07, 6.45) is 0.956. The summed E-state index contributed by atoms with van der Waals surface area (Å²) >= 11 is 0. The number of nitrogens with one attached hydrogen (secondary N) is 2. The van der Waals surface area contributed by atoms with Crippen molar-refractivity contribution in [1.29, 1.82) is 0 Å². The fourth-order valence-electron chi connectivity index (χ4n) is 3.39. The minimum atomic E-state index is 0.503. The summed E-state index contributed by atoms with van der Waals surface area (Å²) in [6.45, 7) is 5.25. The lowest BCUT2D eigenvalue weighted by molar-refractivity contribution is 0.723. The molecule has 0 radical (unpaired) electrons. The molecule has 0 bridgehead atoms. The second kappa shape index (κ2) is 4.62. The zero-order valence-corrected chi connectivity index (χ0v) is 12.4. The number of fused-ring (bicyclic) bond motifs is 2. The molecule has 2 heterocycles. The molecule has 2 aromatic carbocycles. The Morgan fingerprint density at radius 2 is 2.05 bits per heavy atom. The molecule has 4 rings (SSSR count). The number of hydrogen-bond donors (Lipinski definition) is 2. The molecule has 3 heteroatoms. The first-order valence-electron chi connectivity index (χ1n) is 7.49. The Morgan fingerprint density at radius 3 is 2.95 bits per heavy atom. The summed E-state index contributed by atoms with van der Waals surface area (Å²) < 4.78 is 0. The van der Waals surface area contributed by atoms with Gasteiger partial charge in [0.15, 0.2) is 0 Å². The van der Waals surface area contributed by atoms with Crippen molar-refractivity contribution in [2.75, 3.05) is 11.9 Å². The first-order valence-corrected chi connectivity index (χ1v) is 7.49. The maximum atomic E-state index is 4.81. The van der Waals surface area contributed by atoms with Crippen molar-refractivity contribution in [3.8, 4) is 0 Å². The molecule has 0 amide bonds. The molecule has 1 atom stereocenters. The van der Waals surface area contributed by atoms with Crippen LogP contribution in [0.5, 0.6) is 0 Å². The van der Waals surface area contributed by atoms with E-state index in [4.69, 9.17) is 4.98 Å². The van der Waals surface area contributed by atoms with Crippen LogP contribution in [0.4, 0.5) is 5.69 Å². The van der Waals surface area contributed by atoms with E-state index in [2.05, 4.69) is 60.5 Å². The van der Waals surface area contributed by atoms with E-state index in [9.17, 15) is 0 Å².